The number of halogens is 1. The van der Waals surface area contributed by atoms with Gasteiger partial charge in [0.1, 0.15) is 5.82 Å². The average Bonchev–Trinajstić information content (AvgIpc) is 2.31. The number of nitrogens with one attached hydrogen (secondary N) is 1. The summed E-state index contributed by atoms with van der Waals surface area (Å²) >= 11 is 1.82. The number of benzene rings is 1. The molecule has 0 spiro atoms. The van der Waals surface area contributed by atoms with Gasteiger partial charge in [-0.3, -0.25) is 11.3 Å². The van der Waals surface area contributed by atoms with Crippen molar-refractivity contribution in [3.8, 4) is 0 Å². The predicted molar refractivity (Wildman–Crippen MR) is 78.1 cm³/mol. The third-order valence-electron chi connectivity index (χ3n) is 3.15. The second-order valence-electron chi connectivity index (χ2n) is 4.75. The number of hydrogen-bond donors (Lipinski definition) is 2. The van der Waals surface area contributed by atoms with E-state index >= 15 is 0 Å². The summed E-state index contributed by atoms with van der Waals surface area (Å²) in [5, 5.41) is 0.565. The molecule has 0 fully saturated rings. The zero-order chi connectivity index (χ0) is 13.7. The average molecular weight is 270 g/mol. The van der Waals surface area contributed by atoms with E-state index in [0.717, 1.165) is 23.3 Å². The van der Waals surface area contributed by atoms with Crippen LogP contribution in [0.15, 0.2) is 12.1 Å². The zero-order valence-corrected chi connectivity index (χ0v) is 12.4. The number of nitrogens with two attached hydrogens (primary N) is 1. The Labute approximate surface area is 113 Å². The summed E-state index contributed by atoms with van der Waals surface area (Å²) in [6.45, 7) is 8.17. The molecule has 0 saturated heterocycles. The van der Waals surface area contributed by atoms with E-state index in [1.165, 1.54) is 0 Å². The Balaban J connectivity index is 2.88. The van der Waals surface area contributed by atoms with Gasteiger partial charge in [0.15, 0.2) is 0 Å². The van der Waals surface area contributed by atoms with Crippen LogP contribution in [-0.4, -0.2) is 11.0 Å². The van der Waals surface area contributed by atoms with Crippen LogP contribution in [0.3, 0.4) is 0 Å². The summed E-state index contributed by atoms with van der Waals surface area (Å²) in [6.07, 6.45) is 1.11. The van der Waals surface area contributed by atoms with E-state index in [9.17, 15) is 4.39 Å². The molecule has 0 heterocycles. The molecule has 0 aliphatic heterocycles. The molecule has 1 rings (SSSR count). The van der Waals surface area contributed by atoms with E-state index in [1.807, 2.05) is 31.7 Å². The molecule has 2 nitrogen and oxygen atoms in total. The van der Waals surface area contributed by atoms with E-state index in [-0.39, 0.29) is 11.9 Å². The third-order valence-corrected chi connectivity index (χ3v) is 4.58. The molecule has 0 bridgehead atoms. The number of thioether (sulfide) groups is 1. The second kappa shape index (κ2) is 7.12. The molecule has 3 N–H and O–H groups in total. The van der Waals surface area contributed by atoms with Crippen molar-refractivity contribution in [3.63, 3.8) is 0 Å². The van der Waals surface area contributed by atoms with Gasteiger partial charge in [-0.15, -0.1) is 0 Å². The normalized spacial score (nSPS) is 14.6. The first-order valence-corrected chi connectivity index (χ1v) is 7.38. The molecule has 4 heteroatoms. The standard InChI is InChI=1S/C14H23FN2S/c1-5-11(4)18-8-13(17-16)14-10(3)6-9(2)7-12(14)15/h6-7,11,13,17H,5,8,16H2,1-4H3. The molecule has 0 radical (unpaired) electrons. The van der Waals surface area contributed by atoms with Crippen molar-refractivity contribution in [3.05, 3.63) is 34.6 Å². The smallest absolute Gasteiger partial charge is 0.128 e. The van der Waals surface area contributed by atoms with Crippen molar-refractivity contribution in [2.24, 2.45) is 5.84 Å². The highest BCUT2D eigenvalue weighted by Gasteiger charge is 2.18. The first-order chi connectivity index (χ1) is 8.49. The summed E-state index contributed by atoms with van der Waals surface area (Å²) < 4.78 is 14.0. The van der Waals surface area contributed by atoms with Crippen LogP contribution in [-0.2, 0) is 0 Å². The summed E-state index contributed by atoms with van der Waals surface area (Å²) in [5.41, 5.74) is 5.33. The largest absolute Gasteiger partial charge is 0.271 e. The number of hydrogen-bond acceptors (Lipinski definition) is 3. The van der Waals surface area contributed by atoms with Gasteiger partial charge < -0.3 is 0 Å². The maximum atomic E-state index is 14.0. The summed E-state index contributed by atoms with van der Waals surface area (Å²) in [7, 11) is 0. The third kappa shape index (κ3) is 3.97. The van der Waals surface area contributed by atoms with Crippen LogP contribution in [0, 0.1) is 19.7 Å². The summed E-state index contributed by atoms with van der Waals surface area (Å²) in [4.78, 5) is 0. The molecule has 1 aromatic carbocycles. The van der Waals surface area contributed by atoms with Gasteiger partial charge in [0.05, 0.1) is 6.04 Å². The first kappa shape index (κ1) is 15.5. The monoisotopic (exact) mass is 270 g/mol. The van der Waals surface area contributed by atoms with Crippen LogP contribution in [0.2, 0.25) is 0 Å². The van der Waals surface area contributed by atoms with Crippen molar-refractivity contribution in [2.45, 2.75) is 45.4 Å². The lowest BCUT2D eigenvalue weighted by Crippen LogP contribution is -2.31. The Bertz CT molecular complexity index is 372. The molecule has 102 valence electrons. The molecule has 2 atom stereocenters. The Morgan fingerprint density at radius 1 is 1.39 bits per heavy atom. The molecule has 18 heavy (non-hydrogen) atoms. The van der Waals surface area contributed by atoms with Gasteiger partial charge in [-0.2, -0.15) is 11.8 Å². The molecule has 2 unspecified atom stereocenters. The minimum atomic E-state index is -0.166. The van der Waals surface area contributed by atoms with E-state index in [1.54, 1.807) is 6.07 Å². The first-order valence-electron chi connectivity index (χ1n) is 6.34. The van der Waals surface area contributed by atoms with E-state index in [0.29, 0.717) is 10.8 Å². The molecule has 0 aromatic heterocycles. The van der Waals surface area contributed by atoms with Crippen molar-refractivity contribution < 1.29 is 4.39 Å². The van der Waals surface area contributed by atoms with Crippen LogP contribution >= 0.6 is 11.8 Å². The fraction of sp³-hybridized carbons (Fsp3) is 0.571. The van der Waals surface area contributed by atoms with E-state index < -0.39 is 0 Å². The van der Waals surface area contributed by atoms with Gasteiger partial charge >= 0.3 is 0 Å². The van der Waals surface area contributed by atoms with Gasteiger partial charge in [0.25, 0.3) is 0 Å². The molecule has 1 aromatic rings. The molecule has 0 saturated carbocycles. The van der Waals surface area contributed by atoms with Gasteiger partial charge in [-0.25, -0.2) is 4.39 Å². The molecule has 0 aliphatic carbocycles. The van der Waals surface area contributed by atoms with Gasteiger partial charge in [0.2, 0.25) is 0 Å². The van der Waals surface area contributed by atoms with Crippen LogP contribution in [0.25, 0.3) is 0 Å². The highest BCUT2D eigenvalue weighted by atomic mass is 32.2. The van der Waals surface area contributed by atoms with Crippen LogP contribution < -0.4 is 11.3 Å². The van der Waals surface area contributed by atoms with Crippen LogP contribution in [0.4, 0.5) is 4.39 Å². The lowest BCUT2D eigenvalue weighted by Gasteiger charge is -2.21. The highest BCUT2D eigenvalue weighted by molar-refractivity contribution is 7.99. The van der Waals surface area contributed by atoms with E-state index in [4.69, 9.17) is 5.84 Å². The maximum absolute atomic E-state index is 14.0. The molecule has 0 aliphatic rings. The molecular formula is C14H23FN2S. The van der Waals surface area contributed by atoms with Crippen molar-refractivity contribution in [2.75, 3.05) is 5.75 Å². The number of hydrazine groups is 1. The minimum Gasteiger partial charge on any atom is -0.271 e. The minimum absolute atomic E-state index is 0.135. The maximum Gasteiger partial charge on any atom is 0.128 e. The zero-order valence-electron chi connectivity index (χ0n) is 11.6. The number of aryl methyl sites for hydroxylation is 2. The van der Waals surface area contributed by atoms with E-state index in [2.05, 4.69) is 19.3 Å². The van der Waals surface area contributed by atoms with Crippen LogP contribution in [0.5, 0.6) is 0 Å². The Kier molecular flexibility index (Phi) is 6.12. The topological polar surface area (TPSA) is 38.0 Å². The molecule has 0 amide bonds. The van der Waals surface area contributed by atoms with Crippen molar-refractivity contribution in [1.29, 1.82) is 0 Å². The summed E-state index contributed by atoms with van der Waals surface area (Å²) in [5.74, 6) is 6.20. The van der Waals surface area contributed by atoms with Crippen LogP contribution in [0.1, 0.15) is 43.0 Å². The lowest BCUT2D eigenvalue weighted by atomic mass is 10.00. The Morgan fingerprint density at radius 3 is 2.56 bits per heavy atom. The van der Waals surface area contributed by atoms with Gasteiger partial charge in [0, 0.05) is 16.6 Å². The highest BCUT2D eigenvalue weighted by Crippen LogP contribution is 2.27. The lowest BCUT2D eigenvalue weighted by molar-refractivity contribution is 0.542. The van der Waals surface area contributed by atoms with Gasteiger partial charge in [-0.1, -0.05) is 19.9 Å². The second-order valence-corrected chi connectivity index (χ2v) is 6.22. The quantitative estimate of drug-likeness (QED) is 0.614. The fourth-order valence-electron chi connectivity index (χ4n) is 1.96. The fourth-order valence-corrected chi connectivity index (χ4v) is 2.98. The Morgan fingerprint density at radius 2 is 2.06 bits per heavy atom. The van der Waals surface area contributed by atoms with Gasteiger partial charge in [-0.05, 0) is 37.5 Å². The predicted octanol–water partition coefficient (Wildman–Crippen LogP) is 3.48. The SMILES string of the molecule is CCC(C)SCC(NN)c1c(C)cc(C)cc1F. The molecular weight excluding hydrogens is 247 g/mol. The summed E-state index contributed by atoms with van der Waals surface area (Å²) in [6, 6.07) is 3.43. The van der Waals surface area contributed by atoms with Crippen molar-refractivity contribution >= 4 is 11.8 Å². The number of rotatable bonds is 6. The van der Waals surface area contributed by atoms with Crippen molar-refractivity contribution in [1.82, 2.24) is 5.43 Å². The Hall–Kier alpha value is -0.580.